The van der Waals surface area contributed by atoms with Gasteiger partial charge < -0.3 is 4.74 Å². The van der Waals surface area contributed by atoms with E-state index in [1.54, 1.807) is 18.2 Å². The quantitative estimate of drug-likeness (QED) is 0.783. The second-order valence-corrected chi connectivity index (χ2v) is 5.36. The zero-order valence-electron chi connectivity index (χ0n) is 11.3. The van der Waals surface area contributed by atoms with E-state index in [4.69, 9.17) is 4.74 Å². The lowest BCUT2D eigenvalue weighted by Crippen LogP contribution is -2.02. The van der Waals surface area contributed by atoms with Crippen LogP contribution in [0.3, 0.4) is 0 Å². The summed E-state index contributed by atoms with van der Waals surface area (Å²) >= 11 is 0. The van der Waals surface area contributed by atoms with Crippen LogP contribution in [0.1, 0.15) is 18.4 Å². The number of benzene rings is 2. The summed E-state index contributed by atoms with van der Waals surface area (Å²) in [7, 11) is 0. The molecule has 3 heteroatoms. The Labute approximate surface area is 117 Å². The molecule has 0 aromatic heterocycles. The molecule has 2 aromatic carbocycles. The number of aryl methyl sites for hydroxylation is 1. The molecule has 0 unspecified atom stereocenters. The van der Waals surface area contributed by atoms with Crippen LogP contribution in [0.15, 0.2) is 36.4 Å². The third-order valence-corrected chi connectivity index (χ3v) is 3.58. The van der Waals surface area contributed by atoms with E-state index in [1.165, 1.54) is 6.07 Å². The van der Waals surface area contributed by atoms with Gasteiger partial charge >= 0.3 is 0 Å². The zero-order chi connectivity index (χ0) is 14.1. The van der Waals surface area contributed by atoms with Crippen molar-refractivity contribution in [2.45, 2.75) is 19.8 Å². The van der Waals surface area contributed by atoms with Crippen molar-refractivity contribution in [1.29, 1.82) is 0 Å². The Bertz CT molecular complexity index is 616. The van der Waals surface area contributed by atoms with E-state index in [2.05, 4.69) is 0 Å². The molecule has 0 aliphatic heterocycles. The first-order valence-electron chi connectivity index (χ1n) is 6.83. The maximum Gasteiger partial charge on any atom is 0.201 e. The predicted molar refractivity (Wildman–Crippen MR) is 74.8 cm³/mol. The minimum atomic E-state index is -0.899. The highest BCUT2D eigenvalue weighted by molar-refractivity contribution is 5.65. The summed E-state index contributed by atoms with van der Waals surface area (Å²) in [5, 5.41) is 0. The van der Waals surface area contributed by atoms with Crippen LogP contribution in [0.2, 0.25) is 0 Å². The molecule has 1 aliphatic carbocycles. The second kappa shape index (κ2) is 5.23. The normalized spacial score (nSPS) is 14.3. The Morgan fingerprint density at radius 3 is 2.35 bits per heavy atom. The first kappa shape index (κ1) is 13.1. The smallest absolute Gasteiger partial charge is 0.201 e. The minimum Gasteiger partial charge on any atom is -0.490 e. The van der Waals surface area contributed by atoms with E-state index in [-0.39, 0.29) is 11.3 Å². The van der Waals surface area contributed by atoms with Crippen molar-refractivity contribution in [3.8, 4) is 16.9 Å². The van der Waals surface area contributed by atoms with Gasteiger partial charge in [0.05, 0.1) is 6.61 Å². The van der Waals surface area contributed by atoms with Crippen molar-refractivity contribution in [3.05, 3.63) is 53.6 Å². The molecule has 0 atom stereocenters. The van der Waals surface area contributed by atoms with Gasteiger partial charge in [-0.25, -0.2) is 4.39 Å². The summed E-state index contributed by atoms with van der Waals surface area (Å²) in [5.41, 5.74) is 2.01. The molecule has 20 heavy (non-hydrogen) atoms. The molecule has 0 amide bonds. The van der Waals surface area contributed by atoms with Gasteiger partial charge in [-0.3, -0.25) is 0 Å². The molecule has 0 heterocycles. The first-order valence-corrected chi connectivity index (χ1v) is 6.83. The van der Waals surface area contributed by atoms with Gasteiger partial charge in [-0.2, -0.15) is 4.39 Å². The lowest BCUT2D eigenvalue weighted by molar-refractivity contribution is 0.280. The molecule has 3 rings (SSSR count). The highest BCUT2D eigenvalue weighted by Crippen LogP contribution is 2.33. The van der Waals surface area contributed by atoms with Gasteiger partial charge in [0.25, 0.3) is 0 Å². The Morgan fingerprint density at radius 2 is 1.70 bits per heavy atom. The van der Waals surface area contributed by atoms with Crippen molar-refractivity contribution in [2.75, 3.05) is 6.61 Å². The Hall–Kier alpha value is -1.90. The fourth-order valence-corrected chi connectivity index (χ4v) is 2.09. The van der Waals surface area contributed by atoms with Crippen LogP contribution in [0.4, 0.5) is 8.78 Å². The molecule has 0 saturated heterocycles. The molecule has 1 saturated carbocycles. The molecule has 2 aromatic rings. The molecular weight excluding hydrogens is 258 g/mol. The number of hydrogen-bond acceptors (Lipinski definition) is 1. The maximum atomic E-state index is 14.1. The highest BCUT2D eigenvalue weighted by atomic mass is 19.2. The molecule has 0 N–H and O–H groups in total. The van der Waals surface area contributed by atoms with Crippen LogP contribution >= 0.6 is 0 Å². The van der Waals surface area contributed by atoms with Crippen molar-refractivity contribution in [1.82, 2.24) is 0 Å². The lowest BCUT2D eigenvalue weighted by atomic mass is 10.0. The Balaban J connectivity index is 1.88. The summed E-state index contributed by atoms with van der Waals surface area (Å²) in [6, 6.07) is 10.4. The van der Waals surface area contributed by atoms with Gasteiger partial charge in [-0.1, -0.05) is 29.8 Å². The molecular formula is C17H16F2O. The van der Waals surface area contributed by atoms with Gasteiger partial charge in [-0.05, 0) is 43.4 Å². The number of ether oxygens (including phenoxy) is 1. The van der Waals surface area contributed by atoms with E-state index >= 15 is 0 Å². The summed E-state index contributed by atoms with van der Waals surface area (Å²) in [6.07, 6.45) is 2.23. The van der Waals surface area contributed by atoms with Crippen LogP contribution in [0.25, 0.3) is 11.1 Å². The molecule has 0 bridgehead atoms. The largest absolute Gasteiger partial charge is 0.490 e. The molecule has 0 radical (unpaired) electrons. The van der Waals surface area contributed by atoms with Gasteiger partial charge in [-0.15, -0.1) is 0 Å². The van der Waals surface area contributed by atoms with Gasteiger partial charge in [0, 0.05) is 5.56 Å². The SMILES string of the molecule is Cc1ccc(-c2ccc(OCC3CC3)c(F)c2F)cc1. The Morgan fingerprint density at radius 1 is 1.00 bits per heavy atom. The monoisotopic (exact) mass is 274 g/mol. The minimum absolute atomic E-state index is 0.00487. The van der Waals surface area contributed by atoms with Crippen LogP contribution in [-0.4, -0.2) is 6.61 Å². The van der Waals surface area contributed by atoms with E-state index < -0.39 is 11.6 Å². The molecule has 1 fully saturated rings. The second-order valence-electron chi connectivity index (χ2n) is 5.36. The van der Waals surface area contributed by atoms with E-state index in [0.717, 1.165) is 18.4 Å². The fourth-order valence-electron chi connectivity index (χ4n) is 2.09. The standard InChI is InChI=1S/C17H16F2O/c1-11-2-6-13(7-3-11)14-8-9-15(17(19)16(14)18)20-10-12-4-5-12/h2-3,6-9,12H,4-5,10H2,1H3. The van der Waals surface area contributed by atoms with Gasteiger partial charge in [0.1, 0.15) is 0 Å². The molecule has 0 spiro atoms. The Kier molecular flexibility index (Phi) is 3.43. The van der Waals surface area contributed by atoms with Crippen LogP contribution in [0, 0.1) is 24.5 Å². The first-order chi connectivity index (χ1) is 9.65. The van der Waals surface area contributed by atoms with Crippen molar-refractivity contribution in [3.63, 3.8) is 0 Å². The zero-order valence-corrected chi connectivity index (χ0v) is 11.3. The van der Waals surface area contributed by atoms with E-state index in [0.29, 0.717) is 18.1 Å². The van der Waals surface area contributed by atoms with Crippen LogP contribution in [0.5, 0.6) is 5.75 Å². The topological polar surface area (TPSA) is 9.23 Å². The number of halogens is 2. The average Bonchev–Trinajstić information content (AvgIpc) is 3.26. The highest BCUT2D eigenvalue weighted by Gasteiger charge is 2.23. The van der Waals surface area contributed by atoms with Gasteiger partial charge in [0.15, 0.2) is 11.6 Å². The number of hydrogen-bond donors (Lipinski definition) is 0. The van der Waals surface area contributed by atoms with Crippen molar-refractivity contribution >= 4 is 0 Å². The summed E-state index contributed by atoms with van der Waals surface area (Å²) in [6.45, 7) is 2.43. The van der Waals surface area contributed by atoms with Crippen molar-refractivity contribution < 1.29 is 13.5 Å². The average molecular weight is 274 g/mol. The van der Waals surface area contributed by atoms with Crippen LogP contribution in [-0.2, 0) is 0 Å². The third kappa shape index (κ3) is 2.67. The molecule has 1 aliphatic rings. The lowest BCUT2D eigenvalue weighted by Gasteiger charge is -2.10. The van der Waals surface area contributed by atoms with Crippen LogP contribution < -0.4 is 4.74 Å². The van der Waals surface area contributed by atoms with Crippen molar-refractivity contribution in [2.24, 2.45) is 5.92 Å². The maximum absolute atomic E-state index is 14.1. The number of rotatable bonds is 4. The molecule has 1 nitrogen and oxygen atoms in total. The van der Waals surface area contributed by atoms with E-state index in [1.807, 2.05) is 19.1 Å². The van der Waals surface area contributed by atoms with E-state index in [9.17, 15) is 8.78 Å². The molecule has 104 valence electrons. The summed E-state index contributed by atoms with van der Waals surface area (Å²) < 4.78 is 33.5. The van der Waals surface area contributed by atoms with Gasteiger partial charge in [0.2, 0.25) is 5.82 Å². The predicted octanol–water partition coefficient (Wildman–Crippen LogP) is 4.73. The summed E-state index contributed by atoms with van der Waals surface area (Å²) in [4.78, 5) is 0. The fraction of sp³-hybridized carbons (Fsp3) is 0.294. The summed E-state index contributed by atoms with van der Waals surface area (Å²) in [5.74, 6) is -1.23. The third-order valence-electron chi connectivity index (χ3n) is 3.58.